The van der Waals surface area contributed by atoms with Gasteiger partial charge in [0, 0.05) is 70.8 Å². The van der Waals surface area contributed by atoms with Crippen molar-refractivity contribution in [3.63, 3.8) is 0 Å². The molecule has 9 rings (SSSR count). The summed E-state index contributed by atoms with van der Waals surface area (Å²) < 4.78 is 60.9. The van der Waals surface area contributed by atoms with Gasteiger partial charge in [0.25, 0.3) is 5.79 Å². The zero-order valence-corrected chi connectivity index (χ0v) is 51.1. The number of fused-ring (bicyclic) bond motifs is 4. The molecule has 2 aromatic carbocycles. The molecule has 434 valence electrons. The number of benzene rings is 2. The monoisotopic (exact) mass is 1110 g/mol. The van der Waals surface area contributed by atoms with Crippen molar-refractivity contribution >= 4 is 23.4 Å². The molecule has 18 heteroatoms. The minimum atomic E-state index is -1.58. The van der Waals surface area contributed by atoms with Crippen LogP contribution in [0.3, 0.4) is 0 Å². The fraction of sp³-hybridized carbons (Fsp3) is 0.705. The van der Waals surface area contributed by atoms with E-state index in [2.05, 4.69) is 20.8 Å². The number of aliphatic hydroxyl groups is 4. The predicted molar refractivity (Wildman–Crippen MR) is 287 cm³/mol. The van der Waals surface area contributed by atoms with Crippen LogP contribution in [0.4, 0.5) is 0 Å². The number of methoxy groups -OCH3 is 3. The maximum Gasteiger partial charge on any atom is 1.00 e. The van der Waals surface area contributed by atoms with Gasteiger partial charge in [-0.05, 0) is 120 Å². The first-order chi connectivity index (χ1) is 36.9. The number of ether oxygens (including phenoxy) is 10. The van der Waals surface area contributed by atoms with E-state index in [0.717, 1.165) is 12.0 Å². The summed E-state index contributed by atoms with van der Waals surface area (Å²) in [7, 11) is 4.71. The van der Waals surface area contributed by atoms with Crippen LogP contribution in [-0.2, 0) is 33.3 Å². The zero-order chi connectivity index (χ0) is 56.9. The number of hydrogen-bond acceptors (Lipinski definition) is 17. The number of carbonyl (C=O) groups excluding carboxylic acids is 2. The summed E-state index contributed by atoms with van der Waals surface area (Å²) in [5.41, 5.74) is 0.534. The number of aliphatic carboxylic acids is 1. The van der Waals surface area contributed by atoms with E-state index in [9.17, 15) is 35.1 Å². The standard InChI is InChI=1S/C42H70O11.C19H18O6.Na/c1-11-29(38(46)47)31-15-14-23(4)36(50-31)27(8)34(44)26(7)35(45)30(12-2)37-24(5)22-25(6)41(51-37)19-16-32(43)42(53-41)21-20-39(10,52-42)33-17-18-40(48,13-3)28(9)49-33;1-21-12-5-4-11-6-14-13-8-17(22-2)18(23-3)9-16(13)24-10-19(14,20)25-15(11)7-12;/h16,19,23-34,36-37,43-44,48H,11-15,17-18,20-22H2,1-10H3,(H,46,47);4-9,20H,10H2,1-3H3;/q;;+1/p-1. The van der Waals surface area contributed by atoms with E-state index >= 15 is 0 Å². The minimum Gasteiger partial charge on any atom is -0.550 e. The molecule has 17 nitrogen and oxygen atoms in total. The first-order valence-corrected chi connectivity index (χ1v) is 28.5. The van der Waals surface area contributed by atoms with E-state index < -0.39 is 88.7 Å². The first kappa shape index (κ1) is 63.3. The topological polar surface area (TPSA) is 230 Å². The van der Waals surface area contributed by atoms with Crippen molar-refractivity contribution < 1.29 is 112 Å². The molecule has 0 saturated carbocycles. The summed E-state index contributed by atoms with van der Waals surface area (Å²) in [5, 5.41) is 57.0. The van der Waals surface area contributed by atoms with Gasteiger partial charge in [-0.15, -0.1) is 0 Å². The number of carbonyl (C=O) groups is 2. The minimum absolute atomic E-state index is 0. The third-order valence-electron chi connectivity index (χ3n) is 18.9. The largest absolute Gasteiger partial charge is 1.00 e. The van der Waals surface area contributed by atoms with E-state index in [-0.39, 0.29) is 71.9 Å². The maximum atomic E-state index is 14.4. The molecular formula is C61H87NaO17. The van der Waals surface area contributed by atoms with Crippen molar-refractivity contribution in [1.29, 1.82) is 0 Å². The summed E-state index contributed by atoms with van der Waals surface area (Å²) in [4.78, 5) is 26.2. The predicted octanol–water partition coefficient (Wildman–Crippen LogP) is 4.58. The molecule has 19 unspecified atom stereocenters. The SMILES string of the molecule is CCC(C(=O)[O-])C1CCC(C)C(C(C)C(O)C(C)C(=O)C(CC)C2OC3(C=CC(O)C4(CCC(C)(C5CCC(O)(CC)C(C)O5)O4)O3)C(C)CC2C)O1.COc1ccc2c(c1)OC1(O)COc3cc(OC)c(OC)cc3C1=C2.[Na+]. The maximum absolute atomic E-state index is 14.4. The summed E-state index contributed by atoms with van der Waals surface area (Å²) >= 11 is 0. The van der Waals surface area contributed by atoms with Gasteiger partial charge in [-0.2, -0.15) is 0 Å². The van der Waals surface area contributed by atoms with Crippen LogP contribution in [0.1, 0.15) is 145 Å². The number of aliphatic hydroxyl groups excluding tert-OH is 2. The van der Waals surface area contributed by atoms with Crippen LogP contribution in [0.2, 0.25) is 0 Å². The molecule has 79 heavy (non-hydrogen) atoms. The summed E-state index contributed by atoms with van der Waals surface area (Å²) in [5.74, 6) is -4.90. The van der Waals surface area contributed by atoms with Crippen molar-refractivity contribution in [1.82, 2.24) is 0 Å². The van der Waals surface area contributed by atoms with Crippen LogP contribution >= 0.6 is 0 Å². The second-order valence-electron chi connectivity index (χ2n) is 23.7. The van der Waals surface area contributed by atoms with Crippen LogP contribution in [0.15, 0.2) is 42.5 Å². The number of ketones is 1. The molecule has 0 bridgehead atoms. The second kappa shape index (κ2) is 24.9. The molecule has 19 atom stereocenters. The number of carboxylic acid groups (broad SMARTS) is 1. The van der Waals surface area contributed by atoms with Gasteiger partial charge < -0.3 is 77.7 Å². The Morgan fingerprint density at radius 2 is 1.53 bits per heavy atom. The summed E-state index contributed by atoms with van der Waals surface area (Å²) in [6.45, 7) is 19.5. The van der Waals surface area contributed by atoms with Crippen LogP contribution in [0.5, 0.6) is 28.7 Å². The third-order valence-corrected chi connectivity index (χ3v) is 18.9. The first-order valence-electron chi connectivity index (χ1n) is 28.5. The molecule has 7 aliphatic rings. The molecule has 0 aliphatic carbocycles. The van der Waals surface area contributed by atoms with Crippen LogP contribution in [-0.4, -0.2) is 131 Å². The van der Waals surface area contributed by atoms with Crippen molar-refractivity contribution in [2.75, 3.05) is 27.9 Å². The summed E-state index contributed by atoms with van der Waals surface area (Å²) in [6, 6.07) is 9.00. The summed E-state index contributed by atoms with van der Waals surface area (Å²) in [6.07, 6.45) is 7.11. The number of rotatable bonds is 15. The average molecular weight is 1120 g/mol. The smallest absolute Gasteiger partial charge is 0.550 e. The van der Waals surface area contributed by atoms with E-state index in [1.165, 1.54) is 0 Å². The fourth-order valence-electron chi connectivity index (χ4n) is 13.6. The molecular weight excluding hydrogens is 1030 g/mol. The Hall–Kier alpha value is -3.30. The van der Waals surface area contributed by atoms with Crippen molar-refractivity contribution in [3.8, 4) is 28.7 Å². The Bertz CT molecular complexity index is 2540. The van der Waals surface area contributed by atoms with Gasteiger partial charge in [0.15, 0.2) is 23.9 Å². The Balaban J connectivity index is 0.000000288. The van der Waals surface area contributed by atoms with E-state index in [0.29, 0.717) is 97.7 Å². The molecule has 2 aromatic rings. The molecule has 0 aromatic heterocycles. The van der Waals surface area contributed by atoms with Gasteiger partial charge >= 0.3 is 29.6 Å². The molecule has 4 fully saturated rings. The van der Waals surface area contributed by atoms with Gasteiger partial charge in [0.2, 0.25) is 5.79 Å². The van der Waals surface area contributed by atoms with E-state index in [1.807, 2.05) is 59.8 Å². The van der Waals surface area contributed by atoms with Gasteiger partial charge in [0.05, 0.1) is 69.2 Å². The molecule has 7 heterocycles. The molecule has 4 saturated heterocycles. The van der Waals surface area contributed by atoms with Crippen LogP contribution < -0.4 is 58.3 Å². The quantitative estimate of drug-likeness (QED) is 0.141. The number of Topliss-reactive ketones (excluding diaryl/α,β-unsaturated/α-hetero) is 1. The number of carboxylic acids is 1. The van der Waals surface area contributed by atoms with Gasteiger partial charge in [-0.3, -0.25) is 4.79 Å². The van der Waals surface area contributed by atoms with Crippen molar-refractivity contribution in [2.24, 2.45) is 41.4 Å². The van der Waals surface area contributed by atoms with Crippen LogP contribution in [0.25, 0.3) is 11.6 Å². The Morgan fingerprint density at radius 1 is 0.835 bits per heavy atom. The van der Waals surface area contributed by atoms with Crippen molar-refractivity contribution in [2.45, 2.75) is 205 Å². The Morgan fingerprint density at radius 3 is 2.16 bits per heavy atom. The van der Waals surface area contributed by atoms with Crippen molar-refractivity contribution in [3.05, 3.63) is 53.6 Å². The van der Waals surface area contributed by atoms with E-state index in [4.69, 9.17) is 47.4 Å². The Kier molecular flexibility index (Phi) is 19.9. The Labute approximate surface area is 489 Å². The number of hydrogen-bond donors (Lipinski definition) is 4. The normalized spacial score (nSPS) is 37.3. The van der Waals surface area contributed by atoms with Gasteiger partial charge in [-0.1, -0.05) is 55.4 Å². The van der Waals surface area contributed by atoms with Gasteiger partial charge in [-0.25, -0.2) is 0 Å². The molecule has 0 radical (unpaired) electrons. The van der Waals surface area contributed by atoms with Crippen LogP contribution in [0, 0.1) is 41.4 Å². The molecule has 0 amide bonds. The fourth-order valence-corrected chi connectivity index (χ4v) is 13.6. The van der Waals surface area contributed by atoms with E-state index in [1.54, 1.807) is 58.6 Å². The average Bonchev–Trinajstić information content (AvgIpc) is 4.01. The second-order valence-corrected chi connectivity index (χ2v) is 23.7. The molecule has 4 N–H and O–H groups in total. The molecule has 7 aliphatic heterocycles. The zero-order valence-electron chi connectivity index (χ0n) is 49.1. The third kappa shape index (κ3) is 12.1. The molecule has 2 spiro atoms. The van der Waals surface area contributed by atoms with Gasteiger partial charge in [0.1, 0.15) is 29.1 Å².